The van der Waals surface area contributed by atoms with Gasteiger partial charge in [0.1, 0.15) is 0 Å². The molecule has 2 unspecified atom stereocenters. The highest BCUT2D eigenvalue weighted by molar-refractivity contribution is 7.74. The minimum Gasteiger partial charge on any atom is -0.284 e. The molecule has 0 heterocycles. The topological polar surface area (TPSA) is 46.5 Å². The second kappa shape index (κ2) is 5.58. The third-order valence-corrected chi connectivity index (χ3v) is 1.52. The van der Waals surface area contributed by atoms with Crippen molar-refractivity contribution >= 4 is 11.4 Å². The van der Waals surface area contributed by atoms with Gasteiger partial charge in [0, 0.05) is 0 Å². The van der Waals surface area contributed by atoms with Crippen molar-refractivity contribution in [2.75, 3.05) is 0 Å². The first-order chi connectivity index (χ1) is 4.66. The Kier molecular flexibility index (Phi) is 5.48. The van der Waals surface area contributed by atoms with E-state index in [9.17, 15) is 4.21 Å². The van der Waals surface area contributed by atoms with Gasteiger partial charge in [-0.2, -0.15) is 4.21 Å². The highest BCUT2D eigenvalue weighted by Crippen LogP contribution is 2.02. The molecule has 3 nitrogen and oxygen atoms in total. The predicted molar refractivity (Wildman–Crippen MR) is 40.7 cm³/mol. The van der Waals surface area contributed by atoms with Crippen LogP contribution >= 0.6 is 0 Å². The zero-order valence-corrected chi connectivity index (χ0v) is 6.76. The van der Waals surface area contributed by atoms with E-state index < -0.39 is 11.4 Å². The quantitative estimate of drug-likeness (QED) is 0.494. The Bertz CT molecular complexity index is 124. The van der Waals surface area contributed by atoms with E-state index >= 15 is 0 Å². The minimum atomic E-state index is -2.13. The van der Waals surface area contributed by atoms with Gasteiger partial charge in [-0.3, -0.25) is 8.74 Å². The fourth-order valence-electron chi connectivity index (χ4n) is 0.541. The van der Waals surface area contributed by atoms with Crippen LogP contribution in [-0.2, 0) is 15.5 Å². The Hall–Kier alpha value is -0.190. The fourth-order valence-corrected chi connectivity index (χ4v) is 0.918. The average molecular weight is 164 g/mol. The first-order valence-corrected chi connectivity index (χ1v) is 4.09. The van der Waals surface area contributed by atoms with Crippen molar-refractivity contribution in [2.24, 2.45) is 0 Å². The van der Waals surface area contributed by atoms with Gasteiger partial charge in [0.25, 0.3) is 0 Å². The second-order valence-electron chi connectivity index (χ2n) is 1.99. The fraction of sp³-hybridized carbons (Fsp3) is 0.667. The first-order valence-electron chi connectivity index (χ1n) is 3.05. The van der Waals surface area contributed by atoms with E-state index in [1.165, 1.54) is 0 Å². The Morgan fingerprint density at radius 1 is 1.90 bits per heavy atom. The van der Waals surface area contributed by atoms with E-state index in [1.54, 1.807) is 13.0 Å². The Morgan fingerprint density at radius 2 is 2.50 bits per heavy atom. The number of hydrogen-bond donors (Lipinski definition) is 1. The average Bonchev–Trinajstić information content (AvgIpc) is 1.82. The third kappa shape index (κ3) is 5.94. The summed E-state index contributed by atoms with van der Waals surface area (Å²) in [4.78, 5) is 0. The first kappa shape index (κ1) is 9.81. The summed E-state index contributed by atoms with van der Waals surface area (Å²) in [6.45, 7) is 5.27. The molecule has 0 rings (SSSR count). The van der Waals surface area contributed by atoms with Crippen molar-refractivity contribution in [2.45, 2.75) is 25.9 Å². The molecule has 60 valence electrons. The van der Waals surface area contributed by atoms with Crippen LogP contribution in [0.1, 0.15) is 19.8 Å². The summed E-state index contributed by atoms with van der Waals surface area (Å²) in [6, 6.07) is 0. The standard InChI is InChI=1S/C6H12O3S/c1-3-4-5-6(2)9-10(7)8/h3,6H,1,4-5H2,2H3,(H,7,8). The van der Waals surface area contributed by atoms with Crippen molar-refractivity contribution in [1.29, 1.82) is 0 Å². The summed E-state index contributed by atoms with van der Waals surface area (Å²) in [5, 5.41) is 0. The monoisotopic (exact) mass is 164 g/mol. The van der Waals surface area contributed by atoms with Gasteiger partial charge in [0.2, 0.25) is 0 Å². The smallest absolute Gasteiger partial charge is 0.284 e. The van der Waals surface area contributed by atoms with Crippen molar-refractivity contribution in [3.63, 3.8) is 0 Å². The summed E-state index contributed by atoms with van der Waals surface area (Å²) < 4.78 is 22.8. The van der Waals surface area contributed by atoms with Gasteiger partial charge in [-0.15, -0.1) is 6.58 Å². The van der Waals surface area contributed by atoms with Crippen LogP contribution in [-0.4, -0.2) is 14.9 Å². The van der Waals surface area contributed by atoms with E-state index in [-0.39, 0.29) is 6.10 Å². The molecule has 2 atom stereocenters. The Morgan fingerprint density at radius 3 is 2.90 bits per heavy atom. The van der Waals surface area contributed by atoms with Crippen molar-refractivity contribution < 1.29 is 12.9 Å². The molecule has 0 saturated carbocycles. The molecule has 0 spiro atoms. The molecule has 0 aliphatic carbocycles. The molecular weight excluding hydrogens is 152 g/mol. The van der Waals surface area contributed by atoms with Gasteiger partial charge in [0.05, 0.1) is 6.10 Å². The Labute approximate surface area is 63.6 Å². The number of allylic oxidation sites excluding steroid dienone is 1. The van der Waals surface area contributed by atoms with Crippen molar-refractivity contribution in [3.8, 4) is 0 Å². The van der Waals surface area contributed by atoms with E-state index in [4.69, 9.17) is 4.55 Å². The molecule has 0 aliphatic rings. The zero-order chi connectivity index (χ0) is 7.98. The van der Waals surface area contributed by atoms with Crippen LogP contribution in [0.15, 0.2) is 12.7 Å². The minimum absolute atomic E-state index is 0.177. The van der Waals surface area contributed by atoms with Crippen molar-refractivity contribution in [1.82, 2.24) is 0 Å². The molecule has 0 aromatic carbocycles. The van der Waals surface area contributed by atoms with Crippen LogP contribution in [0.3, 0.4) is 0 Å². The van der Waals surface area contributed by atoms with Gasteiger partial charge < -0.3 is 0 Å². The van der Waals surface area contributed by atoms with Crippen LogP contribution in [0.4, 0.5) is 0 Å². The second-order valence-corrected chi connectivity index (χ2v) is 2.62. The van der Waals surface area contributed by atoms with Gasteiger partial charge >= 0.3 is 11.4 Å². The molecular formula is C6H12O3S. The van der Waals surface area contributed by atoms with Crippen LogP contribution in [0.5, 0.6) is 0 Å². The molecule has 1 N–H and O–H groups in total. The molecule has 0 fully saturated rings. The predicted octanol–water partition coefficient (Wildman–Crippen LogP) is 1.49. The molecule has 10 heavy (non-hydrogen) atoms. The molecule has 0 aromatic rings. The van der Waals surface area contributed by atoms with Gasteiger partial charge in [-0.05, 0) is 19.8 Å². The van der Waals surface area contributed by atoms with E-state index in [1.807, 2.05) is 0 Å². The maximum atomic E-state index is 10.0. The largest absolute Gasteiger partial charge is 0.302 e. The molecule has 0 bridgehead atoms. The van der Waals surface area contributed by atoms with Gasteiger partial charge in [-0.25, -0.2) is 0 Å². The van der Waals surface area contributed by atoms with E-state index in [0.29, 0.717) is 0 Å². The summed E-state index contributed by atoms with van der Waals surface area (Å²) in [7, 11) is 0. The van der Waals surface area contributed by atoms with E-state index in [0.717, 1.165) is 12.8 Å². The highest BCUT2D eigenvalue weighted by atomic mass is 32.2. The lowest BCUT2D eigenvalue weighted by molar-refractivity contribution is 0.214. The van der Waals surface area contributed by atoms with E-state index in [2.05, 4.69) is 10.8 Å². The maximum absolute atomic E-state index is 10.0. The number of hydrogen-bond acceptors (Lipinski definition) is 2. The van der Waals surface area contributed by atoms with Crippen LogP contribution in [0.2, 0.25) is 0 Å². The SMILES string of the molecule is C=CCCC(C)OS(=O)O. The van der Waals surface area contributed by atoms with Crippen molar-refractivity contribution in [3.05, 3.63) is 12.7 Å². The molecule has 0 saturated heterocycles. The molecule has 0 radical (unpaired) electrons. The normalized spacial score (nSPS) is 16.2. The van der Waals surface area contributed by atoms with Crippen LogP contribution < -0.4 is 0 Å². The summed E-state index contributed by atoms with van der Waals surface area (Å²) in [6.07, 6.45) is 3.11. The number of rotatable bonds is 5. The molecule has 4 heteroatoms. The summed E-state index contributed by atoms with van der Waals surface area (Å²) in [5.74, 6) is 0. The molecule has 0 aliphatic heterocycles. The van der Waals surface area contributed by atoms with Gasteiger partial charge in [0.15, 0.2) is 0 Å². The maximum Gasteiger partial charge on any atom is 0.302 e. The summed E-state index contributed by atoms with van der Waals surface area (Å²) >= 11 is -2.13. The molecule has 0 aromatic heterocycles. The lowest BCUT2D eigenvalue weighted by Gasteiger charge is -2.05. The Balaban J connectivity index is 3.33. The summed E-state index contributed by atoms with van der Waals surface area (Å²) in [5.41, 5.74) is 0. The van der Waals surface area contributed by atoms with Gasteiger partial charge in [-0.1, -0.05) is 6.08 Å². The molecule has 0 amide bonds. The third-order valence-electron chi connectivity index (χ3n) is 1.02. The zero-order valence-electron chi connectivity index (χ0n) is 5.95. The lowest BCUT2D eigenvalue weighted by atomic mass is 10.2. The highest BCUT2D eigenvalue weighted by Gasteiger charge is 2.03. The van der Waals surface area contributed by atoms with Crippen LogP contribution in [0.25, 0.3) is 0 Å². The van der Waals surface area contributed by atoms with Crippen LogP contribution in [0, 0.1) is 0 Å². The lowest BCUT2D eigenvalue weighted by Crippen LogP contribution is -2.08.